The van der Waals surface area contributed by atoms with Crippen molar-refractivity contribution < 1.29 is 18.0 Å². The predicted octanol–water partition coefficient (Wildman–Crippen LogP) is 2.89. The molecule has 0 fully saturated rings. The fourth-order valence-corrected chi connectivity index (χ4v) is 4.39. The van der Waals surface area contributed by atoms with Crippen molar-refractivity contribution in [2.75, 3.05) is 24.2 Å². The molecule has 0 heterocycles. The average molecular weight is 466 g/mol. The summed E-state index contributed by atoms with van der Waals surface area (Å²) in [6.07, 6.45) is 1.04. The zero-order valence-electron chi connectivity index (χ0n) is 18.3. The molecular weight excluding hydrogens is 438 g/mol. The standard InChI is InChI=1S/C22H28ClN3O4S/c1-15-8-6-7-9-18(15)13-25(17(3)22(28)24-4)21(27)14-26(31(5,29)30)20-11-10-19(23)12-16(20)2/h6-12,17H,13-14H2,1-5H3,(H,24,28)/t17-/m1/s1. The van der Waals surface area contributed by atoms with E-state index in [0.717, 1.165) is 21.7 Å². The van der Waals surface area contributed by atoms with Crippen molar-refractivity contribution in [1.29, 1.82) is 0 Å². The molecule has 1 atom stereocenters. The highest BCUT2D eigenvalue weighted by Gasteiger charge is 2.30. The number of rotatable bonds is 8. The molecule has 0 radical (unpaired) electrons. The van der Waals surface area contributed by atoms with Crippen molar-refractivity contribution in [1.82, 2.24) is 10.2 Å². The number of nitrogens with zero attached hydrogens (tertiary/aromatic N) is 2. The zero-order chi connectivity index (χ0) is 23.3. The molecule has 1 N–H and O–H groups in total. The van der Waals surface area contributed by atoms with Crippen LogP contribution in [0.5, 0.6) is 0 Å². The van der Waals surface area contributed by atoms with Crippen LogP contribution < -0.4 is 9.62 Å². The Labute approximate surface area is 189 Å². The number of amides is 2. The van der Waals surface area contributed by atoms with E-state index in [4.69, 9.17) is 11.6 Å². The van der Waals surface area contributed by atoms with E-state index >= 15 is 0 Å². The van der Waals surface area contributed by atoms with Crippen LogP contribution in [0.15, 0.2) is 42.5 Å². The van der Waals surface area contributed by atoms with Gasteiger partial charge in [0, 0.05) is 18.6 Å². The quantitative estimate of drug-likeness (QED) is 0.649. The van der Waals surface area contributed by atoms with E-state index in [1.165, 1.54) is 11.9 Å². The first-order valence-electron chi connectivity index (χ1n) is 9.75. The molecule has 9 heteroatoms. The van der Waals surface area contributed by atoms with Gasteiger partial charge in [0.25, 0.3) is 0 Å². The second-order valence-corrected chi connectivity index (χ2v) is 9.78. The minimum absolute atomic E-state index is 0.178. The van der Waals surface area contributed by atoms with Crippen molar-refractivity contribution in [3.8, 4) is 0 Å². The Kier molecular flexibility index (Phi) is 8.08. The van der Waals surface area contributed by atoms with Gasteiger partial charge < -0.3 is 10.2 Å². The van der Waals surface area contributed by atoms with Gasteiger partial charge in [-0.05, 0) is 55.7 Å². The summed E-state index contributed by atoms with van der Waals surface area (Å²) in [5, 5.41) is 3.02. The van der Waals surface area contributed by atoms with E-state index in [1.807, 2.05) is 31.2 Å². The minimum Gasteiger partial charge on any atom is -0.357 e. The first-order chi connectivity index (χ1) is 14.5. The number of anilines is 1. The number of carbonyl (C=O) groups excluding carboxylic acids is 2. The topological polar surface area (TPSA) is 86.8 Å². The molecule has 2 aromatic carbocycles. The Balaban J connectivity index is 2.43. The molecule has 0 aromatic heterocycles. The molecule has 0 unspecified atom stereocenters. The lowest BCUT2D eigenvalue weighted by atomic mass is 10.1. The Hall–Kier alpha value is -2.58. The highest BCUT2D eigenvalue weighted by atomic mass is 35.5. The van der Waals surface area contributed by atoms with Crippen LogP contribution in [0, 0.1) is 13.8 Å². The van der Waals surface area contributed by atoms with Crippen LogP contribution >= 0.6 is 11.6 Å². The van der Waals surface area contributed by atoms with E-state index in [1.54, 1.807) is 32.0 Å². The Morgan fingerprint density at radius 2 is 1.74 bits per heavy atom. The van der Waals surface area contributed by atoms with Gasteiger partial charge in [-0.1, -0.05) is 35.9 Å². The Morgan fingerprint density at radius 1 is 1.10 bits per heavy atom. The molecule has 2 aromatic rings. The third-order valence-corrected chi connectivity index (χ3v) is 6.48. The molecule has 2 rings (SSSR count). The average Bonchev–Trinajstić information content (AvgIpc) is 2.70. The number of hydrogen-bond acceptors (Lipinski definition) is 4. The van der Waals surface area contributed by atoms with Crippen molar-refractivity contribution in [3.05, 3.63) is 64.2 Å². The smallest absolute Gasteiger partial charge is 0.244 e. The molecule has 2 amide bonds. The maximum atomic E-state index is 13.3. The normalized spacial score (nSPS) is 12.2. The van der Waals surface area contributed by atoms with Gasteiger partial charge in [-0.15, -0.1) is 0 Å². The summed E-state index contributed by atoms with van der Waals surface area (Å²) < 4.78 is 26.1. The summed E-state index contributed by atoms with van der Waals surface area (Å²) >= 11 is 6.00. The number of hydrogen-bond donors (Lipinski definition) is 1. The first-order valence-corrected chi connectivity index (χ1v) is 12.0. The number of benzene rings is 2. The summed E-state index contributed by atoms with van der Waals surface area (Å²) in [7, 11) is -2.28. The molecule has 7 nitrogen and oxygen atoms in total. The largest absolute Gasteiger partial charge is 0.357 e. The van der Waals surface area contributed by atoms with Gasteiger partial charge in [-0.3, -0.25) is 13.9 Å². The van der Waals surface area contributed by atoms with E-state index in [9.17, 15) is 18.0 Å². The summed E-state index contributed by atoms with van der Waals surface area (Å²) in [5.74, 6) is -0.824. The number of aryl methyl sites for hydroxylation is 2. The molecule has 168 valence electrons. The van der Waals surface area contributed by atoms with Crippen molar-refractivity contribution in [2.24, 2.45) is 0 Å². The molecule has 0 spiro atoms. The van der Waals surface area contributed by atoms with Crippen LogP contribution in [-0.4, -0.2) is 51.0 Å². The van der Waals surface area contributed by atoms with Gasteiger partial charge in [0.15, 0.2) is 0 Å². The second-order valence-electron chi connectivity index (χ2n) is 7.44. The van der Waals surface area contributed by atoms with Gasteiger partial charge >= 0.3 is 0 Å². The number of carbonyl (C=O) groups is 2. The first kappa shape index (κ1) is 24.7. The Morgan fingerprint density at radius 3 is 2.29 bits per heavy atom. The number of nitrogens with one attached hydrogen (secondary N) is 1. The van der Waals surface area contributed by atoms with Crippen LogP contribution in [0.3, 0.4) is 0 Å². The van der Waals surface area contributed by atoms with Crippen molar-refractivity contribution in [3.63, 3.8) is 0 Å². The molecule has 0 aliphatic heterocycles. The van der Waals surface area contributed by atoms with E-state index in [0.29, 0.717) is 16.3 Å². The zero-order valence-corrected chi connectivity index (χ0v) is 19.9. The summed E-state index contributed by atoms with van der Waals surface area (Å²) in [4.78, 5) is 27.1. The molecule has 0 aliphatic carbocycles. The summed E-state index contributed by atoms with van der Waals surface area (Å²) in [6.45, 7) is 5.00. The lowest BCUT2D eigenvalue weighted by Gasteiger charge is -2.32. The summed E-state index contributed by atoms with van der Waals surface area (Å²) in [5.41, 5.74) is 2.83. The fourth-order valence-electron chi connectivity index (χ4n) is 3.26. The summed E-state index contributed by atoms with van der Waals surface area (Å²) in [6, 6.07) is 11.5. The van der Waals surface area contributed by atoms with Crippen LogP contribution in [0.1, 0.15) is 23.6 Å². The van der Waals surface area contributed by atoms with E-state index in [-0.39, 0.29) is 12.5 Å². The van der Waals surface area contributed by atoms with Crippen molar-refractivity contribution in [2.45, 2.75) is 33.4 Å². The van der Waals surface area contributed by atoms with Gasteiger partial charge in [-0.25, -0.2) is 8.42 Å². The molecule has 0 bridgehead atoms. The fraction of sp³-hybridized carbons (Fsp3) is 0.364. The number of likely N-dealkylation sites (N-methyl/N-ethyl adjacent to an activating group) is 1. The molecule has 0 aliphatic rings. The third-order valence-electron chi connectivity index (χ3n) is 5.12. The van der Waals surface area contributed by atoms with Gasteiger partial charge in [0.05, 0.1) is 11.9 Å². The van der Waals surface area contributed by atoms with Gasteiger partial charge in [-0.2, -0.15) is 0 Å². The lowest BCUT2D eigenvalue weighted by molar-refractivity contribution is -0.139. The van der Waals surface area contributed by atoms with E-state index in [2.05, 4.69) is 5.32 Å². The van der Waals surface area contributed by atoms with Crippen molar-refractivity contribution >= 4 is 39.1 Å². The molecule has 31 heavy (non-hydrogen) atoms. The minimum atomic E-state index is -3.77. The third kappa shape index (κ3) is 6.21. The monoisotopic (exact) mass is 465 g/mol. The molecular formula is C22H28ClN3O4S. The highest BCUT2D eigenvalue weighted by Crippen LogP contribution is 2.26. The maximum absolute atomic E-state index is 13.3. The highest BCUT2D eigenvalue weighted by molar-refractivity contribution is 7.92. The Bertz CT molecular complexity index is 1070. The predicted molar refractivity (Wildman–Crippen MR) is 124 cm³/mol. The van der Waals surface area contributed by atoms with Gasteiger partial charge in [0.1, 0.15) is 12.6 Å². The van der Waals surface area contributed by atoms with Crippen LogP contribution in [0.4, 0.5) is 5.69 Å². The van der Waals surface area contributed by atoms with Crippen LogP contribution in [-0.2, 0) is 26.2 Å². The molecule has 0 saturated heterocycles. The van der Waals surface area contributed by atoms with E-state index < -0.39 is 28.5 Å². The lowest BCUT2D eigenvalue weighted by Crippen LogP contribution is -2.50. The maximum Gasteiger partial charge on any atom is 0.244 e. The second kappa shape index (κ2) is 10.2. The number of sulfonamides is 1. The van der Waals surface area contributed by atoms with Crippen LogP contribution in [0.25, 0.3) is 0 Å². The van der Waals surface area contributed by atoms with Gasteiger partial charge in [0.2, 0.25) is 21.8 Å². The molecule has 0 saturated carbocycles. The number of halogens is 1. The SMILES string of the molecule is CNC(=O)[C@@H](C)N(Cc1ccccc1C)C(=O)CN(c1ccc(Cl)cc1C)S(C)(=O)=O. The van der Waals surface area contributed by atoms with Crippen LogP contribution in [0.2, 0.25) is 5.02 Å².